The Kier molecular flexibility index (Phi) is 5.40. The third-order valence-corrected chi connectivity index (χ3v) is 4.71. The van der Waals surface area contributed by atoms with Crippen molar-refractivity contribution >= 4 is 5.91 Å². The van der Waals surface area contributed by atoms with Crippen LogP contribution in [0.25, 0.3) is 0 Å². The van der Waals surface area contributed by atoms with Crippen LogP contribution in [-0.4, -0.2) is 23.2 Å². The van der Waals surface area contributed by atoms with Crippen LogP contribution in [0.1, 0.15) is 57.4 Å². The van der Waals surface area contributed by atoms with Crippen LogP contribution >= 0.6 is 0 Å². The van der Waals surface area contributed by atoms with Crippen molar-refractivity contribution in [1.29, 1.82) is 0 Å². The molecule has 0 radical (unpaired) electrons. The second kappa shape index (κ2) is 7.08. The van der Waals surface area contributed by atoms with E-state index >= 15 is 0 Å². The summed E-state index contributed by atoms with van der Waals surface area (Å²) in [4.78, 5) is 12.4. The smallest absolute Gasteiger partial charge is 0.221 e. The third-order valence-electron chi connectivity index (χ3n) is 4.71. The summed E-state index contributed by atoms with van der Waals surface area (Å²) < 4.78 is 0. The zero-order chi connectivity index (χ0) is 15.3. The zero-order valence-corrected chi connectivity index (χ0v) is 13.1. The number of nitrogens with one attached hydrogen (secondary N) is 1. The highest BCUT2D eigenvalue weighted by atomic mass is 16.3. The van der Waals surface area contributed by atoms with E-state index in [4.69, 9.17) is 0 Å². The molecule has 2 rings (SSSR count). The van der Waals surface area contributed by atoms with Crippen LogP contribution in [0.15, 0.2) is 30.3 Å². The Labute approximate surface area is 127 Å². The number of rotatable bonds is 6. The molecule has 1 aliphatic rings. The number of aliphatic hydroxyl groups excluding tert-OH is 1. The fourth-order valence-electron chi connectivity index (χ4n) is 3.36. The summed E-state index contributed by atoms with van der Waals surface area (Å²) in [5, 5.41) is 12.7. The van der Waals surface area contributed by atoms with Gasteiger partial charge in [0.05, 0.1) is 12.1 Å². The molecule has 1 fully saturated rings. The molecule has 1 amide bonds. The van der Waals surface area contributed by atoms with E-state index in [0.717, 1.165) is 25.7 Å². The van der Waals surface area contributed by atoms with Crippen molar-refractivity contribution in [1.82, 2.24) is 5.32 Å². The quantitative estimate of drug-likeness (QED) is 0.844. The molecule has 0 spiro atoms. The molecule has 0 heterocycles. The highest BCUT2D eigenvalue weighted by Crippen LogP contribution is 2.31. The van der Waals surface area contributed by atoms with E-state index in [9.17, 15) is 9.90 Å². The van der Waals surface area contributed by atoms with Crippen molar-refractivity contribution in [2.75, 3.05) is 6.61 Å². The van der Waals surface area contributed by atoms with Crippen LogP contribution in [-0.2, 0) is 4.79 Å². The maximum Gasteiger partial charge on any atom is 0.221 e. The second-order valence-electron chi connectivity index (χ2n) is 6.66. The maximum absolute atomic E-state index is 12.4. The van der Waals surface area contributed by atoms with Gasteiger partial charge in [-0.3, -0.25) is 4.79 Å². The predicted octanol–water partition coefficient (Wildman–Crippen LogP) is 3.24. The van der Waals surface area contributed by atoms with Gasteiger partial charge < -0.3 is 10.4 Å². The van der Waals surface area contributed by atoms with Gasteiger partial charge in [0.25, 0.3) is 0 Å². The minimum atomic E-state index is -0.366. The summed E-state index contributed by atoms with van der Waals surface area (Å²) >= 11 is 0. The number of aliphatic hydroxyl groups is 1. The molecule has 0 bridgehead atoms. The van der Waals surface area contributed by atoms with Crippen molar-refractivity contribution in [3.63, 3.8) is 0 Å². The third kappa shape index (κ3) is 4.07. The highest BCUT2D eigenvalue weighted by molar-refractivity contribution is 5.78. The molecule has 0 aromatic heterocycles. The van der Waals surface area contributed by atoms with Gasteiger partial charge in [0.15, 0.2) is 0 Å². The number of carbonyl (C=O) groups excluding carboxylic acids is 1. The molecule has 1 unspecified atom stereocenters. The van der Waals surface area contributed by atoms with Crippen LogP contribution in [0.2, 0.25) is 0 Å². The number of carbonyl (C=O) groups is 1. The number of benzene rings is 1. The first-order chi connectivity index (χ1) is 10.1. The van der Waals surface area contributed by atoms with Crippen LogP contribution in [0.5, 0.6) is 0 Å². The van der Waals surface area contributed by atoms with Gasteiger partial charge in [-0.05, 0) is 30.2 Å². The first kappa shape index (κ1) is 16.0. The number of amides is 1. The summed E-state index contributed by atoms with van der Waals surface area (Å²) in [5.41, 5.74) is 0.849. The van der Waals surface area contributed by atoms with Crippen molar-refractivity contribution < 1.29 is 9.90 Å². The number of hydrogen-bond acceptors (Lipinski definition) is 2. The van der Waals surface area contributed by atoms with E-state index in [2.05, 4.69) is 31.3 Å². The summed E-state index contributed by atoms with van der Waals surface area (Å²) in [5.74, 6) is 0.698. The molecule has 2 N–H and O–H groups in total. The Morgan fingerprint density at radius 1 is 1.24 bits per heavy atom. The molecule has 1 atom stereocenters. The Morgan fingerprint density at radius 3 is 2.38 bits per heavy atom. The van der Waals surface area contributed by atoms with Crippen LogP contribution in [0.4, 0.5) is 0 Å². The second-order valence-corrected chi connectivity index (χ2v) is 6.66. The van der Waals surface area contributed by atoms with E-state index in [1.807, 2.05) is 18.2 Å². The van der Waals surface area contributed by atoms with Gasteiger partial charge in [-0.2, -0.15) is 0 Å². The standard InChI is InChI=1S/C18H27NO2/c1-14(2)16(15-8-4-3-5-9-15)12-17(21)19-18(13-20)10-6-7-11-18/h3-5,8-9,14,16,20H,6-7,10-13H2,1-2H3,(H,19,21). The van der Waals surface area contributed by atoms with E-state index < -0.39 is 0 Å². The van der Waals surface area contributed by atoms with Crippen LogP contribution in [0.3, 0.4) is 0 Å². The minimum Gasteiger partial charge on any atom is -0.394 e. The fraction of sp³-hybridized carbons (Fsp3) is 0.611. The first-order valence-electron chi connectivity index (χ1n) is 8.03. The molecule has 0 aliphatic heterocycles. The monoisotopic (exact) mass is 289 g/mol. The van der Waals surface area contributed by atoms with Gasteiger partial charge in [0, 0.05) is 6.42 Å². The molecule has 1 aromatic carbocycles. The lowest BCUT2D eigenvalue weighted by Crippen LogP contribution is -2.49. The Balaban J connectivity index is 2.02. The van der Waals surface area contributed by atoms with Gasteiger partial charge in [-0.1, -0.05) is 57.0 Å². The highest BCUT2D eigenvalue weighted by Gasteiger charge is 2.35. The average molecular weight is 289 g/mol. The van der Waals surface area contributed by atoms with E-state index in [0.29, 0.717) is 12.3 Å². The zero-order valence-electron chi connectivity index (χ0n) is 13.1. The molecule has 116 valence electrons. The van der Waals surface area contributed by atoms with Crippen molar-refractivity contribution in [2.45, 2.75) is 57.4 Å². The number of hydrogen-bond donors (Lipinski definition) is 2. The van der Waals surface area contributed by atoms with Gasteiger partial charge in [-0.15, -0.1) is 0 Å². The molecule has 21 heavy (non-hydrogen) atoms. The van der Waals surface area contributed by atoms with E-state index in [1.54, 1.807) is 0 Å². The predicted molar refractivity (Wildman–Crippen MR) is 85.1 cm³/mol. The Hall–Kier alpha value is -1.35. The summed E-state index contributed by atoms with van der Waals surface area (Å²) in [7, 11) is 0. The molecule has 3 nitrogen and oxygen atoms in total. The lowest BCUT2D eigenvalue weighted by atomic mass is 9.85. The summed E-state index contributed by atoms with van der Waals surface area (Å²) in [6, 6.07) is 10.2. The molecule has 1 aromatic rings. The molecular formula is C18H27NO2. The maximum atomic E-state index is 12.4. The van der Waals surface area contributed by atoms with E-state index in [-0.39, 0.29) is 24.0 Å². The molecule has 3 heteroatoms. The SMILES string of the molecule is CC(C)C(CC(=O)NC1(CO)CCCC1)c1ccccc1. The van der Waals surface area contributed by atoms with Crippen LogP contribution < -0.4 is 5.32 Å². The summed E-state index contributed by atoms with van der Waals surface area (Å²) in [6.45, 7) is 4.36. The lowest BCUT2D eigenvalue weighted by molar-refractivity contribution is -0.124. The lowest BCUT2D eigenvalue weighted by Gasteiger charge is -2.29. The summed E-state index contributed by atoms with van der Waals surface area (Å²) in [6.07, 6.45) is 4.46. The van der Waals surface area contributed by atoms with Crippen molar-refractivity contribution in [3.05, 3.63) is 35.9 Å². The van der Waals surface area contributed by atoms with Crippen molar-refractivity contribution in [3.8, 4) is 0 Å². The molecular weight excluding hydrogens is 262 g/mol. The Bertz CT molecular complexity index is 450. The fourth-order valence-corrected chi connectivity index (χ4v) is 3.36. The van der Waals surface area contributed by atoms with E-state index in [1.165, 1.54) is 5.56 Å². The molecule has 1 aliphatic carbocycles. The molecule has 1 saturated carbocycles. The largest absolute Gasteiger partial charge is 0.394 e. The van der Waals surface area contributed by atoms with Gasteiger partial charge in [0.2, 0.25) is 5.91 Å². The van der Waals surface area contributed by atoms with Gasteiger partial charge in [-0.25, -0.2) is 0 Å². The van der Waals surface area contributed by atoms with Gasteiger partial charge >= 0.3 is 0 Å². The average Bonchev–Trinajstić information content (AvgIpc) is 2.94. The molecule has 0 saturated heterocycles. The van der Waals surface area contributed by atoms with Crippen molar-refractivity contribution in [2.24, 2.45) is 5.92 Å². The normalized spacial score (nSPS) is 18.7. The minimum absolute atomic E-state index is 0.0520. The van der Waals surface area contributed by atoms with Crippen LogP contribution in [0, 0.1) is 5.92 Å². The first-order valence-corrected chi connectivity index (χ1v) is 8.03. The van der Waals surface area contributed by atoms with Gasteiger partial charge in [0.1, 0.15) is 0 Å². The topological polar surface area (TPSA) is 49.3 Å². The Morgan fingerprint density at radius 2 is 1.86 bits per heavy atom.